The van der Waals surface area contributed by atoms with Gasteiger partial charge in [0, 0.05) is 12.5 Å². The van der Waals surface area contributed by atoms with Gasteiger partial charge in [-0.15, -0.1) is 0 Å². The molecule has 1 unspecified atom stereocenters. The molecule has 1 fully saturated rings. The van der Waals surface area contributed by atoms with Crippen molar-refractivity contribution in [1.29, 1.82) is 0 Å². The zero-order chi connectivity index (χ0) is 11.4. The van der Waals surface area contributed by atoms with Crippen LogP contribution in [-0.4, -0.2) is 17.8 Å². The van der Waals surface area contributed by atoms with Gasteiger partial charge in [0.05, 0.1) is 6.10 Å². The highest BCUT2D eigenvalue weighted by atomic mass is 16.5. The number of benzene rings is 1. The molecule has 1 N–H and O–H groups in total. The number of aliphatic hydroxyl groups excluding tert-OH is 1. The maximum Gasteiger partial charge on any atom is 0.120 e. The van der Waals surface area contributed by atoms with Crippen molar-refractivity contribution >= 4 is 0 Å². The molecule has 2 heteroatoms. The van der Waals surface area contributed by atoms with Crippen LogP contribution in [0, 0.1) is 0 Å². The topological polar surface area (TPSA) is 29.5 Å². The van der Waals surface area contributed by atoms with E-state index in [1.807, 2.05) is 25.1 Å². The minimum atomic E-state index is 0.187. The summed E-state index contributed by atoms with van der Waals surface area (Å²) in [5.74, 6) is 1.14. The van der Waals surface area contributed by atoms with Crippen LogP contribution in [0.5, 0.6) is 5.75 Å². The third-order valence-corrected chi connectivity index (χ3v) is 3.31. The first-order valence-corrected chi connectivity index (χ1v) is 6.17. The maximum absolute atomic E-state index is 9.12. The lowest BCUT2D eigenvalue weighted by molar-refractivity contribution is 0.209. The van der Waals surface area contributed by atoms with E-state index < -0.39 is 0 Å². The lowest BCUT2D eigenvalue weighted by Crippen LogP contribution is -2.11. The van der Waals surface area contributed by atoms with Crippen molar-refractivity contribution in [3.63, 3.8) is 0 Å². The molecule has 0 amide bonds. The van der Waals surface area contributed by atoms with E-state index in [9.17, 15) is 0 Å². The molecule has 0 aliphatic heterocycles. The summed E-state index contributed by atoms with van der Waals surface area (Å²) in [5, 5.41) is 9.12. The summed E-state index contributed by atoms with van der Waals surface area (Å²) < 4.78 is 5.93. The second kappa shape index (κ2) is 5.35. The molecule has 1 aromatic rings. The second-order valence-electron chi connectivity index (χ2n) is 4.68. The molecule has 16 heavy (non-hydrogen) atoms. The predicted molar refractivity (Wildman–Crippen MR) is 64.8 cm³/mol. The quantitative estimate of drug-likeness (QED) is 0.844. The van der Waals surface area contributed by atoms with Crippen LogP contribution in [0.15, 0.2) is 24.3 Å². The van der Waals surface area contributed by atoms with Crippen molar-refractivity contribution in [3.8, 4) is 5.75 Å². The van der Waals surface area contributed by atoms with Gasteiger partial charge in [-0.1, -0.05) is 19.1 Å². The minimum Gasteiger partial charge on any atom is -0.490 e. The smallest absolute Gasteiger partial charge is 0.120 e. The van der Waals surface area contributed by atoms with Crippen LogP contribution in [0.3, 0.4) is 0 Å². The number of hydrogen-bond donors (Lipinski definition) is 1. The Hall–Kier alpha value is -1.02. The Balaban J connectivity index is 2.03. The number of aliphatic hydroxyl groups is 1. The van der Waals surface area contributed by atoms with Crippen molar-refractivity contribution in [2.75, 3.05) is 6.61 Å². The van der Waals surface area contributed by atoms with E-state index in [2.05, 4.69) is 6.07 Å². The van der Waals surface area contributed by atoms with Crippen molar-refractivity contribution in [3.05, 3.63) is 29.8 Å². The molecule has 0 spiro atoms. The van der Waals surface area contributed by atoms with Gasteiger partial charge in [0.2, 0.25) is 0 Å². The Morgan fingerprint density at radius 2 is 2.12 bits per heavy atom. The normalized spacial score (nSPS) is 18.6. The van der Waals surface area contributed by atoms with Gasteiger partial charge in [0.15, 0.2) is 0 Å². The summed E-state index contributed by atoms with van der Waals surface area (Å²) in [7, 11) is 0. The molecule has 1 atom stereocenters. The van der Waals surface area contributed by atoms with E-state index in [-0.39, 0.29) is 12.5 Å². The number of ether oxygens (including phenoxy) is 1. The molecule has 2 nitrogen and oxygen atoms in total. The zero-order valence-corrected chi connectivity index (χ0v) is 9.86. The van der Waals surface area contributed by atoms with E-state index >= 15 is 0 Å². The number of hydrogen-bond acceptors (Lipinski definition) is 2. The monoisotopic (exact) mass is 220 g/mol. The highest BCUT2D eigenvalue weighted by molar-refractivity contribution is 5.30. The van der Waals surface area contributed by atoms with Gasteiger partial charge < -0.3 is 9.84 Å². The van der Waals surface area contributed by atoms with Gasteiger partial charge in [-0.05, 0) is 43.4 Å². The van der Waals surface area contributed by atoms with Gasteiger partial charge in [-0.2, -0.15) is 0 Å². The van der Waals surface area contributed by atoms with Crippen molar-refractivity contribution in [2.45, 2.75) is 44.6 Å². The number of rotatable bonds is 4. The van der Waals surface area contributed by atoms with E-state index in [0.717, 1.165) is 11.3 Å². The Kier molecular flexibility index (Phi) is 3.83. The highest BCUT2D eigenvalue weighted by Crippen LogP contribution is 2.26. The predicted octanol–water partition coefficient (Wildman–Crippen LogP) is 3.10. The lowest BCUT2D eigenvalue weighted by Gasteiger charge is -2.15. The van der Waals surface area contributed by atoms with Crippen LogP contribution < -0.4 is 4.74 Å². The average Bonchev–Trinajstić information content (AvgIpc) is 2.81. The van der Waals surface area contributed by atoms with Crippen molar-refractivity contribution < 1.29 is 9.84 Å². The van der Waals surface area contributed by atoms with Gasteiger partial charge in [0.1, 0.15) is 5.75 Å². The molecule has 0 saturated heterocycles. The summed E-state index contributed by atoms with van der Waals surface area (Å²) in [6.45, 7) is 2.21. The fraction of sp³-hybridized carbons (Fsp3) is 0.571. The van der Waals surface area contributed by atoms with E-state index in [0.29, 0.717) is 6.10 Å². The average molecular weight is 220 g/mol. The van der Waals surface area contributed by atoms with Crippen molar-refractivity contribution in [1.82, 2.24) is 0 Å². The van der Waals surface area contributed by atoms with Crippen LogP contribution in [0.25, 0.3) is 0 Å². The molecule has 1 saturated carbocycles. The third kappa shape index (κ3) is 2.76. The fourth-order valence-electron chi connectivity index (χ4n) is 2.20. The SMILES string of the molecule is CC(CO)c1cccc(OC2CCCC2)c1. The van der Waals surface area contributed by atoms with E-state index in [1.54, 1.807) is 0 Å². The molecule has 88 valence electrons. The first-order valence-electron chi connectivity index (χ1n) is 6.17. The molecule has 1 aromatic carbocycles. The lowest BCUT2D eigenvalue weighted by atomic mass is 10.0. The second-order valence-corrected chi connectivity index (χ2v) is 4.68. The molecule has 0 aromatic heterocycles. The van der Waals surface area contributed by atoms with E-state index in [1.165, 1.54) is 25.7 Å². The van der Waals surface area contributed by atoms with Crippen LogP contribution in [0.4, 0.5) is 0 Å². The first-order chi connectivity index (χ1) is 7.79. The largest absolute Gasteiger partial charge is 0.490 e. The van der Waals surface area contributed by atoms with Crippen molar-refractivity contribution in [2.24, 2.45) is 0 Å². The highest BCUT2D eigenvalue weighted by Gasteiger charge is 2.16. The Labute approximate surface area is 97.3 Å². The Bertz CT molecular complexity index is 329. The Morgan fingerprint density at radius 3 is 2.81 bits per heavy atom. The summed E-state index contributed by atoms with van der Waals surface area (Å²) in [6, 6.07) is 8.11. The molecule has 1 aliphatic carbocycles. The molecular formula is C14H20O2. The maximum atomic E-state index is 9.12. The van der Waals surface area contributed by atoms with E-state index in [4.69, 9.17) is 9.84 Å². The Morgan fingerprint density at radius 1 is 1.38 bits per heavy atom. The molecule has 2 rings (SSSR count). The van der Waals surface area contributed by atoms with Gasteiger partial charge in [-0.3, -0.25) is 0 Å². The van der Waals surface area contributed by atoms with Crippen LogP contribution in [0.2, 0.25) is 0 Å². The molecular weight excluding hydrogens is 200 g/mol. The summed E-state index contributed by atoms with van der Waals surface area (Å²) in [5.41, 5.74) is 1.15. The van der Waals surface area contributed by atoms with Gasteiger partial charge in [0.25, 0.3) is 0 Å². The zero-order valence-electron chi connectivity index (χ0n) is 9.86. The fourth-order valence-corrected chi connectivity index (χ4v) is 2.20. The molecule has 0 radical (unpaired) electrons. The molecule has 0 heterocycles. The molecule has 0 bridgehead atoms. The molecule has 1 aliphatic rings. The van der Waals surface area contributed by atoms with Crippen LogP contribution >= 0.6 is 0 Å². The summed E-state index contributed by atoms with van der Waals surface area (Å²) >= 11 is 0. The minimum absolute atomic E-state index is 0.187. The standard InChI is InChI=1S/C14H20O2/c1-11(10-15)12-5-4-8-14(9-12)16-13-6-2-3-7-13/h4-5,8-9,11,13,15H,2-3,6-7,10H2,1H3. The first kappa shape index (κ1) is 11.5. The van der Waals surface area contributed by atoms with Crippen LogP contribution in [0.1, 0.15) is 44.1 Å². The van der Waals surface area contributed by atoms with Crippen LogP contribution in [-0.2, 0) is 0 Å². The summed E-state index contributed by atoms with van der Waals surface area (Å²) in [6.07, 6.45) is 5.34. The third-order valence-electron chi connectivity index (χ3n) is 3.31. The summed E-state index contributed by atoms with van der Waals surface area (Å²) in [4.78, 5) is 0. The van der Waals surface area contributed by atoms with Gasteiger partial charge in [-0.25, -0.2) is 0 Å². The van der Waals surface area contributed by atoms with Gasteiger partial charge >= 0.3 is 0 Å².